The van der Waals surface area contributed by atoms with Crippen LogP contribution < -0.4 is 10.1 Å². The van der Waals surface area contributed by atoms with Crippen LogP contribution in [0.15, 0.2) is 22.7 Å². The lowest BCUT2D eigenvalue weighted by molar-refractivity contribution is 0.0716. The van der Waals surface area contributed by atoms with E-state index in [-0.39, 0.29) is 6.10 Å². The third kappa shape index (κ3) is 5.06. The minimum atomic E-state index is 0.107. The van der Waals surface area contributed by atoms with Gasteiger partial charge >= 0.3 is 0 Å². The van der Waals surface area contributed by atoms with E-state index in [1.807, 2.05) is 19.1 Å². The molecule has 96 valence electrons. The Labute approximate surface area is 112 Å². The largest absolute Gasteiger partial charge is 0.491 e. The van der Waals surface area contributed by atoms with Gasteiger partial charge in [-0.3, -0.25) is 0 Å². The molecule has 1 aromatic carbocycles. The fraction of sp³-hybridized carbons (Fsp3) is 0.538. The lowest BCUT2D eigenvalue weighted by Crippen LogP contribution is -2.16. The van der Waals surface area contributed by atoms with Crippen LogP contribution in [0.3, 0.4) is 0 Å². The van der Waals surface area contributed by atoms with E-state index < -0.39 is 0 Å². The van der Waals surface area contributed by atoms with Gasteiger partial charge in [-0.1, -0.05) is 22.9 Å². The average molecular weight is 302 g/mol. The van der Waals surface area contributed by atoms with Gasteiger partial charge in [-0.15, -0.1) is 0 Å². The molecule has 0 bridgehead atoms. The number of hydrogen-bond acceptors (Lipinski definition) is 3. The number of halogens is 1. The topological polar surface area (TPSA) is 30.5 Å². The van der Waals surface area contributed by atoms with Crippen molar-refractivity contribution in [2.24, 2.45) is 0 Å². The number of ether oxygens (including phenoxy) is 2. The molecule has 17 heavy (non-hydrogen) atoms. The minimum absolute atomic E-state index is 0.107. The summed E-state index contributed by atoms with van der Waals surface area (Å²) in [6, 6.07) is 6.02. The second kappa shape index (κ2) is 7.69. The Morgan fingerprint density at radius 2 is 2.18 bits per heavy atom. The van der Waals surface area contributed by atoms with E-state index in [1.54, 1.807) is 7.11 Å². The second-order valence-corrected chi connectivity index (χ2v) is 4.75. The molecule has 0 saturated heterocycles. The Hall–Kier alpha value is -0.580. The van der Waals surface area contributed by atoms with E-state index in [1.165, 1.54) is 5.56 Å². The second-order valence-electron chi connectivity index (χ2n) is 3.89. The predicted octanol–water partition coefficient (Wildman–Crippen LogP) is 2.97. The molecule has 0 aliphatic rings. The number of hydrogen-bond donors (Lipinski definition) is 1. The average Bonchev–Trinajstić information content (AvgIpc) is 2.35. The molecule has 1 N–H and O–H groups in total. The predicted molar refractivity (Wildman–Crippen MR) is 73.5 cm³/mol. The summed E-state index contributed by atoms with van der Waals surface area (Å²) in [6.45, 7) is 6.44. The molecule has 0 radical (unpaired) electrons. The van der Waals surface area contributed by atoms with Crippen molar-refractivity contribution >= 4 is 15.9 Å². The lowest BCUT2D eigenvalue weighted by Gasteiger charge is -2.13. The van der Waals surface area contributed by atoms with Crippen molar-refractivity contribution in [3.63, 3.8) is 0 Å². The zero-order valence-corrected chi connectivity index (χ0v) is 12.2. The van der Waals surface area contributed by atoms with E-state index in [2.05, 4.69) is 34.2 Å². The summed E-state index contributed by atoms with van der Waals surface area (Å²) >= 11 is 3.53. The number of nitrogens with one attached hydrogen (secondary N) is 1. The van der Waals surface area contributed by atoms with Gasteiger partial charge in [0.05, 0.1) is 6.10 Å². The first-order chi connectivity index (χ1) is 8.17. The van der Waals surface area contributed by atoms with Gasteiger partial charge in [0, 0.05) is 18.1 Å². The highest BCUT2D eigenvalue weighted by atomic mass is 79.9. The zero-order valence-electron chi connectivity index (χ0n) is 10.6. The van der Waals surface area contributed by atoms with Crippen LogP contribution in [0.4, 0.5) is 0 Å². The molecular formula is C13H20BrNO2. The third-order valence-corrected chi connectivity index (χ3v) is 3.24. The van der Waals surface area contributed by atoms with E-state index >= 15 is 0 Å². The van der Waals surface area contributed by atoms with Crippen molar-refractivity contribution in [2.45, 2.75) is 26.5 Å². The standard InChI is InChI=1S/C13H20BrNO2/c1-4-15-8-11-7-12(5-6-13(11)14)17-9-10(2)16-3/h5-7,10,15H,4,8-9H2,1-3H3. The van der Waals surface area contributed by atoms with Crippen molar-refractivity contribution in [1.82, 2.24) is 5.32 Å². The van der Waals surface area contributed by atoms with Crippen LogP contribution in [0.25, 0.3) is 0 Å². The van der Waals surface area contributed by atoms with Crippen molar-refractivity contribution in [1.29, 1.82) is 0 Å². The van der Waals surface area contributed by atoms with Gasteiger partial charge in [0.2, 0.25) is 0 Å². The van der Waals surface area contributed by atoms with Crippen LogP contribution in [0, 0.1) is 0 Å². The summed E-state index contributed by atoms with van der Waals surface area (Å²) in [5.41, 5.74) is 1.20. The van der Waals surface area contributed by atoms with Crippen LogP contribution in [0.2, 0.25) is 0 Å². The molecule has 0 fully saturated rings. The molecular weight excluding hydrogens is 282 g/mol. The van der Waals surface area contributed by atoms with Crippen LogP contribution >= 0.6 is 15.9 Å². The van der Waals surface area contributed by atoms with Gasteiger partial charge in [-0.25, -0.2) is 0 Å². The van der Waals surface area contributed by atoms with Gasteiger partial charge < -0.3 is 14.8 Å². The van der Waals surface area contributed by atoms with Crippen molar-refractivity contribution in [3.05, 3.63) is 28.2 Å². The molecule has 0 aliphatic carbocycles. The summed E-state index contributed by atoms with van der Waals surface area (Å²) in [5.74, 6) is 0.880. The van der Waals surface area contributed by atoms with E-state index in [9.17, 15) is 0 Å². The van der Waals surface area contributed by atoms with Crippen LogP contribution in [-0.4, -0.2) is 26.4 Å². The van der Waals surface area contributed by atoms with Crippen LogP contribution in [0.5, 0.6) is 5.75 Å². The molecule has 1 unspecified atom stereocenters. The highest BCUT2D eigenvalue weighted by Gasteiger charge is 2.04. The maximum Gasteiger partial charge on any atom is 0.119 e. The van der Waals surface area contributed by atoms with Crippen molar-refractivity contribution in [3.8, 4) is 5.75 Å². The Bertz CT molecular complexity index is 344. The Kier molecular flexibility index (Phi) is 6.55. The minimum Gasteiger partial charge on any atom is -0.491 e. The van der Waals surface area contributed by atoms with Gasteiger partial charge in [0.1, 0.15) is 12.4 Å². The molecule has 0 aromatic heterocycles. The quantitative estimate of drug-likeness (QED) is 0.840. The van der Waals surface area contributed by atoms with Crippen molar-refractivity contribution in [2.75, 3.05) is 20.3 Å². The molecule has 4 heteroatoms. The SMILES string of the molecule is CCNCc1cc(OCC(C)OC)ccc1Br. The maximum atomic E-state index is 5.66. The smallest absolute Gasteiger partial charge is 0.119 e. The molecule has 0 spiro atoms. The monoisotopic (exact) mass is 301 g/mol. The third-order valence-electron chi connectivity index (χ3n) is 2.47. The Balaban J connectivity index is 2.61. The highest BCUT2D eigenvalue weighted by molar-refractivity contribution is 9.10. The van der Waals surface area contributed by atoms with E-state index in [4.69, 9.17) is 9.47 Å². The fourth-order valence-corrected chi connectivity index (χ4v) is 1.70. The fourth-order valence-electron chi connectivity index (χ4n) is 1.32. The molecule has 1 rings (SSSR count). The Morgan fingerprint density at radius 1 is 1.41 bits per heavy atom. The summed E-state index contributed by atoms with van der Waals surface area (Å²) in [5, 5.41) is 3.30. The lowest BCUT2D eigenvalue weighted by atomic mass is 10.2. The first kappa shape index (κ1) is 14.5. The summed E-state index contributed by atoms with van der Waals surface area (Å²) in [4.78, 5) is 0. The highest BCUT2D eigenvalue weighted by Crippen LogP contribution is 2.22. The molecule has 3 nitrogen and oxygen atoms in total. The molecule has 0 aliphatic heterocycles. The molecule has 0 amide bonds. The normalized spacial score (nSPS) is 12.5. The number of benzene rings is 1. The summed E-state index contributed by atoms with van der Waals surface area (Å²) < 4.78 is 11.9. The summed E-state index contributed by atoms with van der Waals surface area (Å²) in [7, 11) is 1.69. The first-order valence-electron chi connectivity index (χ1n) is 5.82. The van der Waals surface area contributed by atoms with Gasteiger partial charge in [0.25, 0.3) is 0 Å². The van der Waals surface area contributed by atoms with Gasteiger partial charge in [-0.2, -0.15) is 0 Å². The van der Waals surface area contributed by atoms with Gasteiger partial charge in [0.15, 0.2) is 0 Å². The molecule has 1 atom stereocenters. The summed E-state index contributed by atoms with van der Waals surface area (Å²) in [6.07, 6.45) is 0.107. The van der Waals surface area contributed by atoms with Crippen molar-refractivity contribution < 1.29 is 9.47 Å². The Morgan fingerprint density at radius 3 is 2.82 bits per heavy atom. The zero-order chi connectivity index (χ0) is 12.7. The maximum absolute atomic E-state index is 5.66. The van der Waals surface area contributed by atoms with Crippen LogP contribution in [0.1, 0.15) is 19.4 Å². The van der Waals surface area contributed by atoms with E-state index in [0.29, 0.717) is 6.61 Å². The molecule has 1 aromatic rings. The molecule has 0 saturated carbocycles. The number of rotatable bonds is 7. The first-order valence-corrected chi connectivity index (χ1v) is 6.61. The van der Waals surface area contributed by atoms with Crippen LogP contribution in [-0.2, 0) is 11.3 Å². The van der Waals surface area contributed by atoms with E-state index in [0.717, 1.165) is 23.3 Å². The van der Waals surface area contributed by atoms with Gasteiger partial charge in [-0.05, 0) is 37.2 Å². The molecule has 0 heterocycles. The number of methoxy groups -OCH3 is 1.